The van der Waals surface area contributed by atoms with Crippen molar-refractivity contribution in [2.75, 3.05) is 49.2 Å². The van der Waals surface area contributed by atoms with Crippen LogP contribution >= 0.6 is 0 Å². The highest BCUT2D eigenvalue weighted by atomic mass is 16.5. The molecule has 1 aromatic heterocycles. The number of aromatic nitrogens is 1. The van der Waals surface area contributed by atoms with Crippen molar-refractivity contribution >= 4 is 17.3 Å². The zero-order valence-corrected chi connectivity index (χ0v) is 16.5. The maximum absolute atomic E-state index is 11.4. The van der Waals surface area contributed by atoms with Gasteiger partial charge in [0.15, 0.2) is 0 Å². The molecule has 2 aromatic rings. The summed E-state index contributed by atoms with van der Waals surface area (Å²) in [5.41, 5.74) is 2.36. The number of benzene rings is 1. The highest BCUT2D eigenvalue weighted by Gasteiger charge is 2.19. The second-order valence-electron chi connectivity index (χ2n) is 6.76. The summed E-state index contributed by atoms with van der Waals surface area (Å²) in [7, 11) is 0. The number of piperazine rings is 1. The van der Waals surface area contributed by atoms with E-state index in [0.29, 0.717) is 19.6 Å². The molecule has 2 heterocycles. The lowest BCUT2D eigenvalue weighted by molar-refractivity contribution is -0.143. The molecule has 0 amide bonds. The fourth-order valence-corrected chi connectivity index (χ4v) is 3.39. The molecule has 0 radical (unpaired) electrons. The number of hydrogen-bond acceptors (Lipinski definition) is 6. The van der Waals surface area contributed by atoms with Crippen LogP contribution in [0.4, 0.5) is 11.4 Å². The van der Waals surface area contributed by atoms with Gasteiger partial charge in [0, 0.05) is 50.7 Å². The quantitative estimate of drug-likeness (QED) is 0.488. The van der Waals surface area contributed by atoms with Gasteiger partial charge in [0.2, 0.25) is 0 Å². The molecule has 1 fully saturated rings. The minimum absolute atomic E-state index is 0.130. The monoisotopic (exact) mass is 383 g/mol. The Balaban J connectivity index is 1.48. The molecule has 1 aliphatic rings. The van der Waals surface area contributed by atoms with E-state index in [9.17, 15) is 4.79 Å². The highest BCUT2D eigenvalue weighted by molar-refractivity contribution is 5.69. The van der Waals surface area contributed by atoms with Crippen molar-refractivity contribution < 1.29 is 14.3 Å². The van der Waals surface area contributed by atoms with Crippen molar-refractivity contribution in [3.05, 3.63) is 48.8 Å². The molecule has 6 heteroatoms. The topological polar surface area (TPSA) is 54.9 Å². The van der Waals surface area contributed by atoms with Crippen LogP contribution in [0.25, 0.3) is 0 Å². The lowest BCUT2D eigenvalue weighted by Gasteiger charge is -2.37. The Morgan fingerprint density at radius 2 is 1.71 bits per heavy atom. The van der Waals surface area contributed by atoms with Crippen LogP contribution < -0.4 is 14.5 Å². The van der Waals surface area contributed by atoms with Crippen LogP contribution in [0.1, 0.15) is 26.2 Å². The first-order valence-corrected chi connectivity index (χ1v) is 10.1. The standard InChI is InChI=1S/C22H29N3O3/c1-2-27-22(26)9-5-6-18-28-21-8-4-3-7-20(21)25-16-14-24(15-17-25)19-10-12-23-13-11-19/h3-4,7-8,10-13H,2,5-6,9,14-18H2,1H3. The average Bonchev–Trinajstić information content (AvgIpc) is 2.75. The molecule has 0 unspecified atom stereocenters. The predicted molar refractivity (Wildman–Crippen MR) is 111 cm³/mol. The van der Waals surface area contributed by atoms with Crippen molar-refractivity contribution in [3.8, 4) is 5.75 Å². The Kier molecular flexibility index (Phi) is 7.53. The second kappa shape index (κ2) is 10.5. The molecule has 1 aliphatic heterocycles. The van der Waals surface area contributed by atoms with Crippen LogP contribution in [-0.4, -0.2) is 50.3 Å². The number of rotatable bonds is 9. The third-order valence-electron chi connectivity index (χ3n) is 4.85. The van der Waals surface area contributed by atoms with Gasteiger partial charge in [0.05, 0.1) is 18.9 Å². The first kappa shape index (κ1) is 20.0. The van der Waals surface area contributed by atoms with Crippen molar-refractivity contribution in [2.45, 2.75) is 26.2 Å². The molecule has 6 nitrogen and oxygen atoms in total. The number of anilines is 2. The van der Waals surface area contributed by atoms with Crippen molar-refractivity contribution in [1.29, 1.82) is 0 Å². The molecule has 150 valence electrons. The maximum atomic E-state index is 11.4. The Labute approximate surface area is 167 Å². The number of carbonyl (C=O) groups is 1. The van der Waals surface area contributed by atoms with Crippen LogP contribution in [0.3, 0.4) is 0 Å². The first-order chi connectivity index (χ1) is 13.8. The average molecular weight is 383 g/mol. The minimum atomic E-state index is -0.130. The van der Waals surface area contributed by atoms with Gasteiger partial charge >= 0.3 is 5.97 Å². The molecule has 0 saturated carbocycles. The zero-order chi connectivity index (χ0) is 19.6. The lowest BCUT2D eigenvalue weighted by Crippen LogP contribution is -2.46. The van der Waals surface area contributed by atoms with Gasteiger partial charge in [0.25, 0.3) is 0 Å². The van der Waals surface area contributed by atoms with Crippen LogP contribution in [0.15, 0.2) is 48.8 Å². The Morgan fingerprint density at radius 1 is 1.00 bits per heavy atom. The van der Waals surface area contributed by atoms with E-state index in [0.717, 1.165) is 50.5 Å². The van der Waals surface area contributed by atoms with E-state index < -0.39 is 0 Å². The number of carbonyl (C=O) groups excluding carboxylic acids is 1. The molecule has 28 heavy (non-hydrogen) atoms. The Hall–Kier alpha value is -2.76. The number of ether oxygens (including phenoxy) is 2. The summed E-state index contributed by atoms with van der Waals surface area (Å²) < 4.78 is 11.0. The van der Waals surface area contributed by atoms with Crippen LogP contribution in [0.2, 0.25) is 0 Å². The third-order valence-corrected chi connectivity index (χ3v) is 4.85. The summed E-state index contributed by atoms with van der Waals surface area (Å²) in [6, 6.07) is 12.3. The molecule has 1 aromatic carbocycles. The molecule has 3 rings (SSSR count). The lowest BCUT2D eigenvalue weighted by atomic mass is 10.2. The van der Waals surface area contributed by atoms with E-state index in [1.54, 1.807) is 0 Å². The van der Waals surface area contributed by atoms with E-state index in [4.69, 9.17) is 9.47 Å². The number of hydrogen-bond donors (Lipinski definition) is 0. The van der Waals surface area contributed by atoms with E-state index in [-0.39, 0.29) is 5.97 Å². The fourth-order valence-electron chi connectivity index (χ4n) is 3.39. The molecule has 0 N–H and O–H groups in total. The van der Waals surface area contributed by atoms with Gasteiger partial charge in [-0.15, -0.1) is 0 Å². The van der Waals surface area contributed by atoms with E-state index in [1.807, 2.05) is 31.5 Å². The SMILES string of the molecule is CCOC(=O)CCCCOc1ccccc1N1CCN(c2ccncc2)CC1. The molecule has 0 aliphatic carbocycles. The molecule has 1 saturated heterocycles. The summed E-state index contributed by atoms with van der Waals surface area (Å²) in [5.74, 6) is 0.783. The van der Waals surface area contributed by atoms with Gasteiger partial charge in [-0.3, -0.25) is 9.78 Å². The molecule has 0 spiro atoms. The minimum Gasteiger partial charge on any atom is -0.491 e. The number of unbranched alkanes of at least 4 members (excludes halogenated alkanes) is 1. The zero-order valence-electron chi connectivity index (χ0n) is 16.5. The molecular formula is C22H29N3O3. The second-order valence-corrected chi connectivity index (χ2v) is 6.76. The number of esters is 1. The maximum Gasteiger partial charge on any atom is 0.305 e. The summed E-state index contributed by atoms with van der Waals surface area (Å²) in [4.78, 5) is 20.3. The Morgan fingerprint density at radius 3 is 2.46 bits per heavy atom. The number of para-hydroxylation sites is 2. The number of pyridine rings is 1. The van der Waals surface area contributed by atoms with Crippen LogP contribution in [0.5, 0.6) is 5.75 Å². The van der Waals surface area contributed by atoms with E-state index in [2.05, 4.69) is 39.0 Å². The first-order valence-electron chi connectivity index (χ1n) is 10.1. The smallest absolute Gasteiger partial charge is 0.305 e. The third kappa shape index (κ3) is 5.62. The predicted octanol–water partition coefficient (Wildman–Crippen LogP) is 3.52. The van der Waals surface area contributed by atoms with Crippen molar-refractivity contribution in [1.82, 2.24) is 4.98 Å². The van der Waals surface area contributed by atoms with Crippen molar-refractivity contribution in [2.24, 2.45) is 0 Å². The van der Waals surface area contributed by atoms with Gasteiger partial charge in [0.1, 0.15) is 5.75 Å². The van der Waals surface area contributed by atoms with Crippen LogP contribution in [0, 0.1) is 0 Å². The fraction of sp³-hybridized carbons (Fsp3) is 0.455. The largest absolute Gasteiger partial charge is 0.491 e. The molecule has 0 bridgehead atoms. The van der Waals surface area contributed by atoms with Gasteiger partial charge in [-0.25, -0.2) is 0 Å². The van der Waals surface area contributed by atoms with Crippen molar-refractivity contribution in [3.63, 3.8) is 0 Å². The normalized spacial score (nSPS) is 14.0. The van der Waals surface area contributed by atoms with E-state index in [1.165, 1.54) is 5.69 Å². The summed E-state index contributed by atoms with van der Waals surface area (Å²) >= 11 is 0. The van der Waals surface area contributed by atoms with Gasteiger partial charge in [-0.2, -0.15) is 0 Å². The van der Waals surface area contributed by atoms with Crippen LogP contribution in [-0.2, 0) is 9.53 Å². The molecule has 0 atom stereocenters. The summed E-state index contributed by atoms with van der Waals surface area (Å²) in [5, 5.41) is 0. The molecular weight excluding hydrogens is 354 g/mol. The highest BCUT2D eigenvalue weighted by Crippen LogP contribution is 2.29. The Bertz CT molecular complexity index is 731. The van der Waals surface area contributed by atoms with E-state index >= 15 is 0 Å². The summed E-state index contributed by atoms with van der Waals surface area (Å²) in [6.07, 6.45) is 5.75. The summed E-state index contributed by atoms with van der Waals surface area (Å²) in [6.45, 7) is 6.71. The van der Waals surface area contributed by atoms with Gasteiger partial charge < -0.3 is 19.3 Å². The van der Waals surface area contributed by atoms with Gasteiger partial charge in [-0.1, -0.05) is 12.1 Å². The van der Waals surface area contributed by atoms with Gasteiger partial charge in [-0.05, 0) is 44.0 Å². The number of nitrogens with zero attached hydrogens (tertiary/aromatic N) is 3.